The Kier molecular flexibility index (Phi) is 6.11. The van der Waals surface area contributed by atoms with E-state index in [4.69, 9.17) is 9.47 Å². The van der Waals surface area contributed by atoms with E-state index in [9.17, 15) is 26.4 Å². The summed E-state index contributed by atoms with van der Waals surface area (Å²) in [7, 11) is -1.47. The van der Waals surface area contributed by atoms with Crippen LogP contribution in [0, 0.1) is 0 Å². The lowest BCUT2D eigenvalue weighted by Crippen LogP contribution is -2.20. The van der Waals surface area contributed by atoms with Gasteiger partial charge in [0, 0.05) is 5.56 Å². The molecule has 2 aromatic rings. The highest BCUT2D eigenvalue weighted by atomic mass is 32.2. The first-order chi connectivity index (χ1) is 12.6. The molecule has 2 aromatic carbocycles. The van der Waals surface area contributed by atoms with Gasteiger partial charge in [-0.3, -0.25) is 0 Å². The first-order valence-corrected chi connectivity index (χ1v) is 9.02. The first-order valence-electron chi connectivity index (χ1n) is 7.54. The molecule has 0 aliphatic heterocycles. The molecule has 0 aliphatic rings. The summed E-state index contributed by atoms with van der Waals surface area (Å²) >= 11 is 0. The number of carbonyl (C=O) groups is 1. The predicted molar refractivity (Wildman–Crippen MR) is 89.8 cm³/mol. The number of alkyl halides is 3. The van der Waals surface area contributed by atoms with E-state index in [0.717, 1.165) is 12.1 Å². The molecule has 27 heavy (non-hydrogen) atoms. The van der Waals surface area contributed by atoms with Crippen LogP contribution in [0.5, 0.6) is 5.75 Å². The van der Waals surface area contributed by atoms with Gasteiger partial charge in [-0.1, -0.05) is 18.2 Å². The third-order valence-corrected chi connectivity index (χ3v) is 5.07. The van der Waals surface area contributed by atoms with Crippen LogP contribution in [0.15, 0.2) is 47.4 Å². The molecule has 10 heteroatoms. The number of methoxy groups -OCH3 is 1. The van der Waals surface area contributed by atoms with Crippen molar-refractivity contribution in [1.29, 1.82) is 0 Å². The van der Waals surface area contributed by atoms with E-state index in [-0.39, 0.29) is 21.8 Å². The van der Waals surface area contributed by atoms with Crippen LogP contribution >= 0.6 is 0 Å². The number of carbonyl (C=O) groups excluding carboxylic acids is 1. The van der Waals surface area contributed by atoms with Crippen molar-refractivity contribution in [1.82, 2.24) is 4.72 Å². The molecule has 0 saturated heterocycles. The van der Waals surface area contributed by atoms with Gasteiger partial charge in [-0.05, 0) is 31.3 Å². The molecule has 146 valence electrons. The topological polar surface area (TPSA) is 81.7 Å². The highest BCUT2D eigenvalue weighted by molar-refractivity contribution is 7.89. The van der Waals surface area contributed by atoms with Crippen molar-refractivity contribution in [3.05, 3.63) is 59.2 Å². The zero-order valence-corrected chi connectivity index (χ0v) is 15.1. The Labute approximate surface area is 154 Å². The molecular weight excluding hydrogens is 387 g/mol. The maximum absolute atomic E-state index is 13.0. The fourth-order valence-corrected chi connectivity index (χ4v) is 3.19. The second kappa shape index (κ2) is 7.97. The lowest BCUT2D eigenvalue weighted by Gasteiger charge is -2.13. The van der Waals surface area contributed by atoms with Gasteiger partial charge in [0.1, 0.15) is 17.3 Å². The van der Waals surface area contributed by atoms with Crippen molar-refractivity contribution in [2.45, 2.75) is 17.7 Å². The van der Waals surface area contributed by atoms with E-state index in [0.29, 0.717) is 0 Å². The highest BCUT2D eigenvalue weighted by Gasteiger charge is 2.33. The van der Waals surface area contributed by atoms with Crippen LogP contribution in [-0.4, -0.2) is 28.5 Å². The number of nitrogens with one attached hydrogen (secondary N) is 1. The van der Waals surface area contributed by atoms with Crippen LogP contribution in [0.3, 0.4) is 0 Å². The van der Waals surface area contributed by atoms with Crippen LogP contribution in [0.25, 0.3) is 0 Å². The molecule has 0 bridgehead atoms. The normalized spacial score (nSPS) is 11.9. The van der Waals surface area contributed by atoms with E-state index < -0.39 is 34.3 Å². The van der Waals surface area contributed by atoms with Gasteiger partial charge in [0.05, 0.1) is 18.2 Å². The summed E-state index contributed by atoms with van der Waals surface area (Å²) in [6.07, 6.45) is -4.59. The van der Waals surface area contributed by atoms with Crippen LogP contribution in [-0.2, 0) is 27.5 Å². The van der Waals surface area contributed by atoms with E-state index in [1.807, 2.05) is 0 Å². The molecule has 6 nitrogen and oxygen atoms in total. The second-order valence-electron chi connectivity index (χ2n) is 5.30. The predicted octanol–water partition coefficient (Wildman–Crippen LogP) is 2.98. The first kappa shape index (κ1) is 20.7. The minimum absolute atomic E-state index is 0.00307. The average Bonchev–Trinajstić information content (AvgIpc) is 2.65. The molecule has 0 saturated carbocycles. The zero-order chi connectivity index (χ0) is 20.2. The van der Waals surface area contributed by atoms with Gasteiger partial charge in [-0.2, -0.15) is 13.2 Å². The Morgan fingerprint density at radius 2 is 1.81 bits per heavy atom. The Morgan fingerprint density at radius 3 is 2.41 bits per heavy atom. The van der Waals surface area contributed by atoms with Gasteiger partial charge >= 0.3 is 12.1 Å². The summed E-state index contributed by atoms with van der Waals surface area (Å²) < 4.78 is 74.9. The van der Waals surface area contributed by atoms with Crippen molar-refractivity contribution < 1.29 is 35.9 Å². The van der Waals surface area contributed by atoms with Crippen LogP contribution in [0.4, 0.5) is 13.2 Å². The minimum Gasteiger partial charge on any atom is -0.495 e. The fraction of sp³-hybridized carbons (Fsp3) is 0.235. The molecule has 0 unspecified atom stereocenters. The van der Waals surface area contributed by atoms with Gasteiger partial charge in [-0.25, -0.2) is 17.9 Å². The monoisotopic (exact) mass is 403 g/mol. The SMILES string of the molecule is CNS(=O)(=O)c1cc(C(=O)OCc2ccccc2C(F)(F)F)ccc1OC. The number of rotatable bonds is 6. The van der Waals surface area contributed by atoms with E-state index in [2.05, 4.69) is 4.72 Å². The summed E-state index contributed by atoms with van der Waals surface area (Å²) in [4.78, 5) is 11.9. The lowest BCUT2D eigenvalue weighted by molar-refractivity contribution is -0.138. The Hall–Kier alpha value is -2.59. The van der Waals surface area contributed by atoms with Crippen molar-refractivity contribution >= 4 is 16.0 Å². The molecule has 0 radical (unpaired) electrons. The molecule has 0 heterocycles. The van der Waals surface area contributed by atoms with Gasteiger partial charge in [0.25, 0.3) is 0 Å². The Balaban J connectivity index is 2.27. The average molecular weight is 403 g/mol. The summed E-state index contributed by atoms with van der Waals surface area (Å²) in [5, 5.41) is 0. The third kappa shape index (κ3) is 4.77. The number of sulfonamides is 1. The third-order valence-electron chi connectivity index (χ3n) is 3.64. The summed E-state index contributed by atoms with van der Waals surface area (Å²) in [5.41, 5.74) is -1.27. The molecular formula is C17H16F3NO5S. The number of esters is 1. The van der Waals surface area contributed by atoms with Gasteiger partial charge in [0.2, 0.25) is 10.0 Å². The number of ether oxygens (including phenoxy) is 2. The van der Waals surface area contributed by atoms with Crippen LogP contribution < -0.4 is 9.46 Å². The Morgan fingerprint density at radius 1 is 1.15 bits per heavy atom. The molecule has 2 rings (SSSR count). The van der Waals surface area contributed by atoms with Crippen LogP contribution in [0.1, 0.15) is 21.5 Å². The molecule has 0 aromatic heterocycles. The van der Waals surface area contributed by atoms with E-state index >= 15 is 0 Å². The smallest absolute Gasteiger partial charge is 0.416 e. The van der Waals surface area contributed by atoms with Crippen molar-refractivity contribution in [2.75, 3.05) is 14.2 Å². The maximum atomic E-state index is 13.0. The van der Waals surface area contributed by atoms with Gasteiger partial charge in [0.15, 0.2) is 0 Å². The zero-order valence-electron chi connectivity index (χ0n) is 14.3. The van der Waals surface area contributed by atoms with Gasteiger partial charge in [-0.15, -0.1) is 0 Å². The largest absolute Gasteiger partial charge is 0.495 e. The molecule has 0 fully saturated rings. The molecule has 1 N–H and O–H groups in total. The molecule has 0 aliphatic carbocycles. The lowest BCUT2D eigenvalue weighted by atomic mass is 10.1. The standard InChI is InChI=1S/C17H16F3NO5S/c1-21-27(23,24)15-9-11(7-8-14(15)25-2)16(22)26-10-12-5-3-4-6-13(12)17(18,19)20/h3-9,21H,10H2,1-2H3. The van der Waals surface area contributed by atoms with Crippen LogP contribution in [0.2, 0.25) is 0 Å². The summed E-state index contributed by atoms with van der Waals surface area (Å²) in [6.45, 7) is -0.616. The molecule has 0 atom stereocenters. The van der Waals surface area contributed by atoms with Crippen molar-refractivity contribution in [3.63, 3.8) is 0 Å². The van der Waals surface area contributed by atoms with E-state index in [1.54, 1.807) is 0 Å². The van der Waals surface area contributed by atoms with E-state index in [1.165, 1.54) is 44.5 Å². The number of hydrogen-bond acceptors (Lipinski definition) is 5. The number of halogens is 3. The minimum atomic E-state index is -4.59. The van der Waals surface area contributed by atoms with Crippen molar-refractivity contribution in [2.24, 2.45) is 0 Å². The second-order valence-corrected chi connectivity index (χ2v) is 7.16. The number of hydrogen-bond donors (Lipinski definition) is 1. The highest BCUT2D eigenvalue weighted by Crippen LogP contribution is 2.32. The number of benzene rings is 2. The summed E-state index contributed by atoms with van der Waals surface area (Å²) in [5.74, 6) is -0.967. The maximum Gasteiger partial charge on any atom is 0.416 e. The van der Waals surface area contributed by atoms with Gasteiger partial charge < -0.3 is 9.47 Å². The fourth-order valence-electron chi connectivity index (χ4n) is 2.27. The summed E-state index contributed by atoms with van der Waals surface area (Å²) in [6, 6.07) is 8.24. The Bertz CT molecular complexity index is 942. The quantitative estimate of drug-likeness (QED) is 0.750. The van der Waals surface area contributed by atoms with Crippen molar-refractivity contribution in [3.8, 4) is 5.75 Å². The molecule has 0 amide bonds. The molecule has 0 spiro atoms.